The number of H-pyrrole nitrogens is 1. The minimum absolute atomic E-state index is 0.120. The van der Waals surface area contributed by atoms with Crippen molar-refractivity contribution in [1.82, 2.24) is 14.8 Å². The second-order valence-corrected chi connectivity index (χ2v) is 8.03. The van der Waals surface area contributed by atoms with Crippen molar-refractivity contribution in [2.24, 2.45) is 0 Å². The zero-order valence-corrected chi connectivity index (χ0v) is 18.5. The van der Waals surface area contributed by atoms with E-state index in [9.17, 15) is 14.9 Å². The summed E-state index contributed by atoms with van der Waals surface area (Å²) in [6, 6.07) is 10.1. The number of aromatic nitrogens is 1. The van der Waals surface area contributed by atoms with Crippen molar-refractivity contribution in [3.05, 3.63) is 62.6 Å². The molecule has 1 amide bonds. The number of aryl methyl sites for hydroxylation is 1. The molecule has 2 heterocycles. The first-order chi connectivity index (χ1) is 14.9. The van der Waals surface area contributed by atoms with Crippen LogP contribution in [0, 0.1) is 25.2 Å². The molecule has 0 bridgehead atoms. The van der Waals surface area contributed by atoms with Gasteiger partial charge in [0, 0.05) is 44.8 Å². The average Bonchev–Trinajstić information content (AvgIpc) is 2.99. The van der Waals surface area contributed by atoms with Gasteiger partial charge in [0.1, 0.15) is 17.4 Å². The molecule has 164 valence electrons. The Morgan fingerprint density at radius 3 is 2.58 bits per heavy atom. The van der Waals surface area contributed by atoms with Crippen molar-refractivity contribution in [3.63, 3.8) is 0 Å². The van der Waals surface area contributed by atoms with Gasteiger partial charge in [-0.2, -0.15) is 5.26 Å². The highest BCUT2D eigenvalue weighted by Gasteiger charge is 2.20. The molecular formula is C24H30N4O3. The van der Waals surface area contributed by atoms with E-state index in [0.717, 1.165) is 49.6 Å². The number of pyridine rings is 1. The number of nitrogens with one attached hydrogen (secondary N) is 1. The normalized spacial score (nSPS) is 14.7. The summed E-state index contributed by atoms with van der Waals surface area (Å²) >= 11 is 0. The molecule has 1 N–H and O–H groups in total. The first kappa shape index (κ1) is 22.6. The van der Waals surface area contributed by atoms with Gasteiger partial charge >= 0.3 is 0 Å². The van der Waals surface area contributed by atoms with Crippen LogP contribution in [0.5, 0.6) is 5.75 Å². The molecule has 1 aromatic carbocycles. The molecule has 31 heavy (non-hydrogen) atoms. The summed E-state index contributed by atoms with van der Waals surface area (Å²) in [5, 5.41) is 9.23. The standard InChI is InChI=1S/C24H30N4O3/c1-17-21(18(2)26-24(30)22(17)15-25)9-10-23(29)28-12-4-11-27(13-14-28)16-19-5-7-20(31-3)8-6-19/h5-8H,4,9-14,16H2,1-3H3,(H,26,30). The number of rotatable bonds is 6. The molecule has 0 unspecified atom stereocenters. The van der Waals surface area contributed by atoms with E-state index in [1.807, 2.05) is 30.0 Å². The molecule has 0 spiro atoms. The molecule has 1 aliphatic heterocycles. The second-order valence-electron chi connectivity index (χ2n) is 8.03. The topological polar surface area (TPSA) is 89.4 Å². The number of carbonyl (C=O) groups excluding carboxylic acids is 1. The van der Waals surface area contributed by atoms with E-state index in [2.05, 4.69) is 22.0 Å². The summed E-state index contributed by atoms with van der Waals surface area (Å²) < 4.78 is 5.22. The lowest BCUT2D eigenvalue weighted by molar-refractivity contribution is -0.131. The molecule has 7 heteroatoms. The zero-order valence-electron chi connectivity index (χ0n) is 18.5. The third-order valence-corrected chi connectivity index (χ3v) is 6.02. The highest BCUT2D eigenvalue weighted by Crippen LogP contribution is 2.17. The van der Waals surface area contributed by atoms with Crippen LogP contribution < -0.4 is 10.3 Å². The molecule has 1 fully saturated rings. The van der Waals surface area contributed by atoms with E-state index in [-0.39, 0.29) is 17.0 Å². The van der Waals surface area contributed by atoms with Gasteiger partial charge in [0.05, 0.1) is 7.11 Å². The molecular weight excluding hydrogens is 392 g/mol. The maximum atomic E-state index is 12.9. The van der Waals surface area contributed by atoms with Gasteiger partial charge in [-0.15, -0.1) is 0 Å². The second kappa shape index (κ2) is 10.3. The number of carbonyl (C=O) groups is 1. The van der Waals surface area contributed by atoms with E-state index in [0.29, 0.717) is 24.9 Å². The van der Waals surface area contributed by atoms with Gasteiger partial charge in [-0.1, -0.05) is 12.1 Å². The van der Waals surface area contributed by atoms with Crippen molar-refractivity contribution in [3.8, 4) is 11.8 Å². The van der Waals surface area contributed by atoms with Crippen LogP contribution in [0.15, 0.2) is 29.1 Å². The molecule has 0 aliphatic carbocycles. The molecule has 1 aromatic heterocycles. The number of methoxy groups -OCH3 is 1. The van der Waals surface area contributed by atoms with Crippen molar-refractivity contribution < 1.29 is 9.53 Å². The SMILES string of the molecule is COc1ccc(CN2CCCN(C(=O)CCc3c(C)[nH]c(=O)c(C#N)c3C)CC2)cc1. The van der Waals surface area contributed by atoms with Gasteiger partial charge < -0.3 is 14.6 Å². The third-order valence-electron chi connectivity index (χ3n) is 6.02. The van der Waals surface area contributed by atoms with Crippen LogP contribution in [0.4, 0.5) is 0 Å². The summed E-state index contributed by atoms with van der Waals surface area (Å²) in [6.45, 7) is 7.72. The Morgan fingerprint density at radius 2 is 1.90 bits per heavy atom. The van der Waals surface area contributed by atoms with Crippen LogP contribution in [0.25, 0.3) is 0 Å². The number of hydrogen-bond donors (Lipinski definition) is 1. The van der Waals surface area contributed by atoms with Crippen LogP contribution >= 0.6 is 0 Å². The van der Waals surface area contributed by atoms with E-state index in [1.54, 1.807) is 14.0 Å². The Balaban J connectivity index is 1.56. The first-order valence-electron chi connectivity index (χ1n) is 10.7. The molecule has 0 atom stereocenters. The fraction of sp³-hybridized carbons (Fsp3) is 0.458. The largest absolute Gasteiger partial charge is 0.497 e. The maximum Gasteiger partial charge on any atom is 0.266 e. The van der Waals surface area contributed by atoms with Crippen molar-refractivity contribution >= 4 is 5.91 Å². The fourth-order valence-electron chi connectivity index (χ4n) is 4.18. The number of ether oxygens (including phenoxy) is 1. The lowest BCUT2D eigenvalue weighted by Gasteiger charge is -2.22. The lowest BCUT2D eigenvalue weighted by Crippen LogP contribution is -2.35. The molecule has 0 saturated carbocycles. The number of nitrogens with zero attached hydrogens (tertiary/aromatic N) is 3. The van der Waals surface area contributed by atoms with Gasteiger partial charge in [0.2, 0.25) is 5.91 Å². The van der Waals surface area contributed by atoms with Gasteiger partial charge in [0.15, 0.2) is 0 Å². The fourth-order valence-corrected chi connectivity index (χ4v) is 4.18. The highest BCUT2D eigenvalue weighted by molar-refractivity contribution is 5.76. The Bertz CT molecular complexity index is 1020. The maximum absolute atomic E-state index is 12.9. The lowest BCUT2D eigenvalue weighted by atomic mass is 9.99. The number of amides is 1. The first-order valence-corrected chi connectivity index (χ1v) is 10.7. The number of nitriles is 1. The van der Waals surface area contributed by atoms with Crippen LogP contribution in [-0.4, -0.2) is 54.0 Å². The Labute approximate surface area is 183 Å². The zero-order chi connectivity index (χ0) is 22.4. The highest BCUT2D eigenvalue weighted by atomic mass is 16.5. The summed E-state index contributed by atoms with van der Waals surface area (Å²) in [7, 11) is 1.66. The Kier molecular flexibility index (Phi) is 7.48. The van der Waals surface area contributed by atoms with Gasteiger partial charge in [-0.3, -0.25) is 14.5 Å². The van der Waals surface area contributed by atoms with Crippen molar-refractivity contribution in [1.29, 1.82) is 5.26 Å². The summed E-state index contributed by atoms with van der Waals surface area (Å²) in [6.07, 6.45) is 1.84. The van der Waals surface area contributed by atoms with Gasteiger partial charge in [-0.05, 0) is 55.5 Å². The van der Waals surface area contributed by atoms with Crippen molar-refractivity contribution in [2.45, 2.75) is 39.7 Å². The molecule has 3 rings (SSSR count). The quantitative estimate of drug-likeness (QED) is 0.773. The van der Waals surface area contributed by atoms with Crippen molar-refractivity contribution in [2.75, 3.05) is 33.3 Å². The minimum atomic E-state index is -0.364. The Morgan fingerprint density at radius 1 is 1.16 bits per heavy atom. The molecule has 0 radical (unpaired) electrons. The smallest absolute Gasteiger partial charge is 0.266 e. The number of hydrogen-bond acceptors (Lipinski definition) is 5. The molecule has 7 nitrogen and oxygen atoms in total. The molecule has 1 saturated heterocycles. The number of aromatic amines is 1. The van der Waals surface area contributed by atoms with Crippen LogP contribution in [0.2, 0.25) is 0 Å². The predicted octanol–water partition coefficient (Wildman–Crippen LogP) is 2.54. The predicted molar refractivity (Wildman–Crippen MR) is 119 cm³/mol. The monoisotopic (exact) mass is 422 g/mol. The van der Waals surface area contributed by atoms with E-state index < -0.39 is 0 Å². The third kappa shape index (κ3) is 5.53. The van der Waals surface area contributed by atoms with Crippen LogP contribution in [-0.2, 0) is 17.8 Å². The molecule has 2 aromatic rings. The summed E-state index contributed by atoms with van der Waals surface area (Å²) in [5.41, 5.74) is 3.31. The van der Waals surface area contributed by atoms with E-state index in [4.69, 9.17) is 4.74 Å². The summed E-state index contributed by atoms with van der Waals surface area (Å²) in [5.74, 6) is 0.973. The Hall–Kier alpha value is -3.11. The van der Waals surface area contributed by atoms with E-state index in [1.165, 1.54) is 5.56 Å². The van der Waals surface area contributed by atoms with Gasteiger partial charge in [0.25, 0.3) is 5.56 Å². The van der Waals surface area contributed by atoms with Crippen LogP contribution in [0.1, 0.15) is 40.8 Å². The average molecular weight is 423 g/mol. The summed E-state index contributed by atoms with van der Waals surface area (Å²) in [4.78, 5) is 31.8. The number of benzene rings is 1. The van der Waals surface area contributed by atoms with Gasteiger partial charge in [-0.25, -0.2) is 0 Å². The minimum Gasteiger partial charge on any atom is -0.497 e. The van der Waals surface area contributed by atoms with E-state index >= 15 is 0 Å². The van der Waals surface area contributed by atoms with Crippen LogP contribution in [0.3, 0.4) is 0 Å². The molecule has 1 aliphatic rings.